The van der Waals surface area contributed by atoms with Gasteiger partial charge in [-0.15, -0.1) is 0 Å². The van der Waals surface area contributed by atoms with Crippen LogP contribution < -0.4 is 10.5 Å². The summed E-state index contributed by atoms with van der Waals surface area (Å²) in [6.07, 6.45) is 0. The first-order valence-electron chi connectivity index (χ1n) is 5.69. The molecule has 0 aliphatic carbocycles. The highest BCUT2D eigenvalue weighted by Crippen LogP contribution is 2.18. The van der Waals surface area contributed by atoms with Crippen molar-refractivity contribution < 1.29 is 4.74 Å². The summed E-state index contributed by atoms with van der Waals surface area (Å²) in [5.74, 6) is 0.811. The average molecular weight is 227 g/mol. The molecule has 0 amide bonds. The second kappa shape index (κ2) is 4.91. The van der Waals surface area contributed by atoms with Crippen LogP contribution in [0.2, 0.25) is 0 Å². The predicted octanol–water partition coefficient (Wildman–Crippen LogP) is 3.46. The van der Waals surface area contributed by atoms with Gasteiger partial charge in [0.05, 0.1) is 0 Å². The van der Waals surface area contributed by atoms with E-state index in [-0.39, 0.29) is 0 Å². The van der Waals surface area contributed by atoms with Gasteiger partial charge in [0.2, 0.25) is 0 Å². The smallest absolute Gasteiger partial charge is 0.121 e. The van der Waals surface area contributed by atoms with E-state index in [4.69, 9.17) is 10.5 Å². The molecule has 0 fully saturated rings. The van der Waals surface area contributed by atoms with Crippen LogP contribution in [0.15, 0.2) is 42.5 Å². The van der Waals surface area contributed by atoms with Gasteiger partial charge < -0.3 is 10.5 Å². The molecule has 0 aliphatic rings. The summed E-state index contributed by atoms with van der Waals surface area (Å²) < 4.78 is 5.73. The first-order valence-corrected chi connectivity index (χ1v) is 5.69. The fourth-order valence-corrected chi connectivity index (χ4v) is 1.72. The molecule has 0 spiro atoms. The Kier molecular flexibility index (Phi) is 3.33. The normalized spacial score (nSPS) is 10.2. The first-order chi connectivity index (χ1) is 8.15. The van der Waals surface area contributed by atoms with Gasteiger partial charge in [-0.25, -0.2) is 0 Å². The van der Waals surface area contributed by atoms with Crippen molar-refractivity contribution >= 4 is 5.69 Å². The third kappa shape index (κ3) is 3.00. The first kappa shape index (κ1) is 11.5. The van der Waals surface area contributed by atoms with Crippen molar-refractivity contribution in [3.63, 3.8) is 0 Å². The summed E-state index contributed by atoms with van der Waals surface area (Å²) in [4.78, 5) is 0. The van der Waals surface area contributed by atoms with Gasteiger partial charge in [-0.2, -0.15) is 0 Å². The van der Waals surface area contributed by atoms with E-state index >= 15 is 0 Å². The van der Waals surface area contributed by atoms with Gasteiger partial charge in [-0.1, -0.05) is 29.8 Å². The Morgan fingerprint density at radius 3 is 2.65 bits per heavy atom. The van der Waals surface area contributed by atoms with Crippen LogP contribution in [0, 0.1) is 13.8 Å². The highest BCUT2D eigenvalue weighted by molar-refractivity contribution is 5.43. The Bertz CT molecular complexity index is 520. The van der Waals surface area contributed by atoms with E-state index in [0.717, 1.165) is 11.4 Å². The largest absolute Gasteiger partial charge is 0.489 e. The molecule has 0 heterocycles. The summed E-state index contributed by atoms with van der Waals surface area (Å²) in [6.45, 7) is 4.76. The standard InChI is InChI=1S/C15H17NO/c1-11-6-7-12(2)13(8-11)10-17-15-5-3-4-14(16)9-15/h3-9H,10,16H2,1-2H3. The minimum absolute atomic E-state index is 0.580. The molecule has 0 bridgehead atoms. The van der Waals surface area contributed by atoms with Crippen molar-refractivity contribution in [1.82, 2.24) is 0 Å². The Hall–Kier alpha value is -1.96. The van der Waals surface area contributed by atoms with Crippen molar-refractivity contribution in [2.75, 3.05) is 5.73 Å². The summed E-state index contributed by atoms with van der Waals surface area (Å²) in [6, 6.07) is 13.9. The molecule has 2 aromatic carbocycles. The van der Waals surface area contributed by atoms with Crippen LogP contribution in [0.5, 0.6) is 5.75 Å². The summed E-state index contributed by atoms with van der Waals surface area (Å²) >= 11 is 0. The molecule has 2 aromatic rings. The summed E-state index contributed by atoms with van der Waals surface area (Å²) in [5.41, 5.74) is 10.1. The Morgan fingerprint density at radius 1 is 1.06 bits per heavy atom. The maximum Gasteiger partial charge on any atom is 0.121 e. The molecule has 17 heavy (non-hydrogen) atoms. The maximum absolute atomic E-state index is 5.73. The van der Waals surface area contributed by atoms with Crippen LogP contribution in [-0.4, -0.2) is 0 Å². The van der Waals surface area contributed by atoms with E-state index in [1.54, 1.807) is 0 Å². The molecular weight excluding hydrogens is 210 g/mol. The lowest BCUT2D eigenvalue weighted by molar-refractivity contribution is 0.305. The van der Waals surface area contributed by atoms with Crippen LogP contribution in [-0.2, 0) is 6.61 Å². The monoisotopic (exact) mass is 227 g/mol. The molecule has 2 N–H and O–H groups in total. The second-order valence-electron chi connectivity index (χ2n) is 4.29. The molecule has 88 valence electrons. The fraction of sp³-hybridized carbons (Fsp3) is 0.200. The SMILES string of the molecule is Cc1ccc(C)c(COc2cccc(N)c2)c1. The van der Waals surface area contributed by atoms with E-state index in [9.17, 15) is 0 Å². The van der Waals surface area contributed by atoms with Crippen LogP contribution in [0.25, 0.3) is 0 Å². The number of nitrogen functional groups attached to an aromatic ring is 1. The topological polar surface area (TPSA) is 35.2 Å². The lowest BCUT2D eigenvalue weighted by Gasteiger charge is -2.10. The zero-order valence-corrected chi connectivity index (χ0v) is 10.2. The van der Waals surface area contributed by atoms with E-state index < -0.39 is 0 Å². The molecule has 0 atom stereocenters. The van der Waals surface area contributed by atoms with Crippen molar-refractivity contribution in [1.29, 1.82) is 0 Å². The minimum atomic E-state index is 0.580. The molecule has 2 rings (SSSR count). The van der Waals surface area contributed by atoms with Gasteiger partial charge in [0, 0.05) is 11.8 Å². The van der Waals surface area contributed by atoms with Crippen molar-refractivity contribution in [3.05, 3.63) is 59.2 Å². The zero-order valence-electron chi connectivity index (χ0n) is 10.2. The fourth-order valence-electron chi connectivity index (χ4n) is 1.72. The van der Waals surface area contributed by atoms with Crippen LogP contribution in [0.1, 0.15) is 16.7 Å². The lowest BCUT2D eigenvalue weighted by atomic mass is 10.1. The predicted molar refractivity (Wildman–Crippen MR) is 71.1 cm³/mol. The number of ether oxygens (including phenoxy) is 1. The number of rotatable bonds is 3. The third-order valence-electron chi connectivity index (χ3n) is 2.76. The summed E-state index contributed by atoms with van der Waals surface area (Å²) in [7, 11) is 0. The molecule has 2 heteroatoms. The number of hydrogen-bond acceptors (Lipinski definition) is 2. The van der Waals surface area contributed by atoms with Gasteiger partial charge in [-0.05, 0) is 37.1 Å². The van der Waals surface area contributed by atoms with Gasteiger partial charge in [0.15, 0.2) is 0 Å². The lowest BCUT2D eigenvalue weighted by Crippen LogP contribution is -1.98. The van der Waals surface area contributed by atoms with Crippen molar-refractivity contribution in [2.45, 2.75) is 20.5 Å². The Morgan fingerprint density at radius 2 is 1.88 bits per heavy atom. The maximum atomic E-state index is 5.73. The molecule has 0 radical (unpaired) electrons. The average Bonchev–Trinajstić information content (AvgIpc) is 2.30. The number of aryl methyl sites for hydroxylation is 2. The number of anilines is 1. The molecule has 0 unspecified atom stereocenters. The summed E-state index contributed by atoms with van der Waals surface area (Å²) in [5, 5.41) is 0. The van der Waals surface area contributed by atoms with Crippen LogP contribution >= 0.6 is 0 Å². The molecule has 2 nitrogen and oxygen atoms in total. The quantitative estimate of drug-likeness (QED) is 0.815. The number of hydrogen-bond donors (Lipinski definition) is 1. The van der Waals surface area contributed by atoms with E-state index in [0.29, 0.717) is 6.61 Å². The Labute approximate surface area is 102 Å². The third-order valence-corrected chi connectivity index (χ3v) is 2.76. The molecule has 0 saturated carbocycles. The van der Waals surface area contributed by atoms with Crippen LogP contribution in [0.4, 0.5) is 5.69 Å². The van der Waals surface area contributed by atoms with E-state index in [2.05, 4.69) is 32.0 Å². The zero-order chi connectivity index (χ0) is 12.3. The van der Waals surface area contributed by atoms with Gasteiger partial charge in [-0.3, -0.25) is 0 Å². The molecular formula is C15H17NO. The van der Waals surface area contributed by atoms with Gasteiger partial charge in [0.1, 0.15) is 12.4 Å². The van der Waals surface area contributed by atoms with E-state index in [1.807, 2.05) is 24.3 Å². The van der Waals surface area contributed by atoms with Crippen molar-refractivity contribution in [2.24, 2.45) is 0 Å². The van der Waals surface area contributed by atoms with Crippen LogP contribution in [0.3, 0.4) is 0 Å². The second-order valence-corrected chi connectivity index (χ2v) is 4.29. The van der Waals surface area contributed by atoms with Gasteiger partial charge >= 0.3 is 0 Å². The minimum Gasteiger partial charge on any atom is -0.489 e. The highest BCUT2D eigenvalue weighted by atomic mass is 16.5. The highest BCUT2D eigenvalue weighted by Gasteiger charge is 2.00. The molecule has 0 aromatic heterocycles. The number of benzene rings is 2. The number of nitrogens with two attached hydrogens (primary N) is 1. The van der Waals surface area contributed by atoms with E-state index in [1.165, 1.54) is 16.7 Å². The molecule has 0 saturated heterocycles. The Balaban J connectivity index is 2.09. The molecule has 0 aliphatic heterocycles. The van der Waals surface area contributed by atoms with Gasteiger partial charge in [0.25, 0.3) is 0 Å². The van der Waals surface area contributed by atoms with Crippen molar-refractivity contribution in [3.8, 4) is 5.75 Å².